The van der Waals surface area contributed by atoms with Gasteiger partial charge in [0.25, 0.3) is 5.91 Å². The lowest BCUT2D eigenvalue weighted by molar-refractivity contribution is 0.102. The fourth-order valence-electron chi connectivity index (χ4n) is 1.87. The minimum Gasteiger partial charge on any atom is -0.504 e. The molecule has 1 amide bonds. The molecule has 0 atom stereocenters. The second-order valence-corrected chi connectivity index (χ2v) is 5.34. The average Bonchev–Trinajstić information content (AvgIpc) is 3.09. The smallest absolute Gasteiger partial charge is 0.257 e. The van der Waals surface area contributed by atoms with Crippen LogP contribution >= 0.6 is 11.3 Å². The number of carbonyl (C=O) groups excluding carboxylic acids is 1. The molecule has 0 bridgehead atoms. The Labute approximate surface area is 136 Å². The van der Waals surface area contributed by atoms with Crippen molar-refractivity contribution in [2.75, 3.05) is 5.32 Å². The van der Waals surface area contributed by atoms with Gasteiger partial charge >= 0.3 is 0 Å². The molecule has 0 saturated carbocycles. The number of carbonyl (C=O) groups is 1. The lowest BCUT2D eigenvalue weighted by Crippen LogP contribution is -2.13. The van der Waals surface area contributed by atoms with Gasteiger partial charge in [-0.1, -0.05) is 6.07 Å². The molecule has 2 N–H and O–H groups in total. The SMILES string of the molecule is O=C(Nc1ncccc1O)c1cccc(OCc2cscn2)c1. The largest absolute Gasteiger partial charge is 0.504 e. The van der Waals surface area contributed by atoms with Crippen molar-refractivity contribution in [1.29, 1.82) is 0 Å². The molecule has 0 aliphatic rings. The second-order valence-electron chi connectivity index (χ2n) is 4.62. The monoisotopic (exact) mass is 327 g/mol. The molecular weight excluding hydrogens is 314 g/mol. The molecule has 0 radical (unpaired) electrons. The standard InChI is InChI=1S/C16H13N3O3S/c20-14-5-2-6-17-15(14)19-16(21)11-3-1-4-13(7-11)22-8-12-9-23-10-18-12/h1-7,9-10,20H,8H2,(H,17,19,21). The van der Waals surface area contributed by atoms with E-state index < -0.39 is 0 Å². The molecule has 0 aliphatic heterocycles. The van der Waals surface area contributed by atoms with Gasteiger partial charge in [0.05, 0.1) is 11.2 Å². The van der Waals surface area contributed by atoms with Gasteiger partial charge in [0.15, 0.2) is 11.6 Å². The summed E-state index contributed by atoms with van der Waals surface area (Å²) >= 11 is 1.50. The van der Waals surface area contributed by atoms with Crippen molar-refractivity contribution in [3.8, 4) is 11.5 Å². The predicted octanol–water partition coefficient (Wildman–Crippen LogP) is 3.08. The highest BCUT2D eigenvalue weighted by Crippen LogP contribution is 2.20. The van der Waals surface area contributed by atoms with E-state index >= 15 is 0 Å². The van der Waals surface area contributed by atoms with Crippen molar-refractivity contribution in [1.82, 2.24) is 9.97 Å². The van der Waals surface area contributed by atoms with E-state index in [9.17, 15) is 9.90 Å². The van der Waals surface area contributed by atoms with Gasteiger partial charge in [-0.3, -0.25) is 4.79 Å². The van der Waals surface area contributed by atoms with Crippen LogP contribution in [0.15, 0.2) is 53.5 Å². The van der Waals surface area contributed by atoms with Gasteiger partial charge in [0, 0.05) is 17.1 Å². The van der Waals surface area contributed by atoms with Crippen LogP contribution in [0.5, 0.6) is 11.5 Å². The first kappa shape index (κ1) is 15.0. The van der Waals surface area contributed by atoms with Crippen molar-refractivity contribution in [3.05, 3.63) is 64.7 Å². The second kappa shape index (κ2) is 6.89. The molecular formula is C16H13N3O3S. The first-order chi connectivity index (χ1) is 11.2. The van der Waals surface area contributed by atoms with E-state index in [-0.39, 0.29) is 17.5 Å². The number of aromatic hydroxyl groups is 1. The van der Waals surface area contributed by atoms with Crippen LogP contribution in [0.25, 0.3) is 0 Å². The molecule has 3 rings (SSSR count). The molecule has 1 aromatic carbocycles. The third-order valence-corrected chi connectivity index (χ3v) is 3.62. The van der Waals surface area contributed by atoms with E-state index in [0.717, 1.165) is 5.69 Å². The van der Waals surface area contributed by atoms with Gasteiger partial charge in [0.1, 0.15) is 12.4 Å². The number of rotatable bonds is 5. The number of pyridine rings is 1. The zero-order valence-electron chi connectivity index (χ0n) is 12.0. The van der Waals surface area contributed by atoms with Crippen molar-refractivity contribution < 1.29 is 14.6 Å². The van der Waals surface area contributed by atoms with E-state index in [1.165, 1.54) is 23.6 Å². The van der Waals surface area contributed by atoms with Crippen molar-refractivity contribution in [2.24, 2.45) is 0 Å². The first-order valence-electron chi connectivity index (χ1n) is 6.77. The summed E-state index contributed by atoms with van der Waals surface area (Å²) in [5.41, 5.74) is 2.98. The Morgan fingerprint density at radius 1 is 1.26 bits per heavy atom. The van der Waals surface area contributed by atoms with Crippen LogP contribution < -0.4 is 10.1 Å². The summed E-state index contributed by atoms with van der Waals surface area (Å²) in [4.78, 5) is 20.3. The van der Waals surface area contributed by atoms with Crippen molar-refractivity contribution in [2.45, 2.75) is 6.61 Å². The summed E-state index contributed by atoms with van der Waals surface area (Å²) in [6.07, 6.45) is 1.49. The van der Waals surface area contributed by atoms with Gasteiger partial charge < -0.3 is 15.2 Å². The summed E-state index contributed by atoms with van der Waals surface area (Å²) in [6, 6.07) is 9.81. The first-order valence-corrected chi connectivity index (χ1v) is 7.72. The summed E-state index contributed by atoms with van der Waals surface area (Å²) in [7, 11) is 0. The molecule has 116 valence electrons. The van der Waals surface area contributed by atoms with E-state index in [1.54, 1.807) is 35.8 Å². The van der Waals surface area contributed by atoms with Gasteiger partial charge in [-0.05, 0) is 30.3 Å². The Morgan fingerprint density at radius 3 is 2.96 bits per heavy atom. The molecule has 0 unspecified atom stereocenters. The van der Waals surface area contributed by atoms with Gasteiger partial charge in [-0.15, -0.1) is 11.3 Å². The number of benzene rings is 1. The number of hydrogen-bond acceptors (Lipinski definition) is 6. The maximum absolute atomic E-state index is 12.2. The molecule has 2 aromatic heterocycles. The highest BCUT2D eigenvalue weighted by Gasteiger charge is 2.10. The van der Waals surface area contributed by atoms with Crippen LogP contribution in [0.3, 0.4) is 0 Å². The fourth-order valence-corrected chi connectivity index (χ4v) is 2.41. The predicted molar refractivity (Wildman–Crippen MR) is 86.7 cm³/mol. The van der Waals surface area contributed by atoms with E-state index in [2.05, 4.69) is 15.3 Å². The third kappa shape index (κ3) is 3.83. The maximum Gasteiger partial charge on any atom is 0.257 e. The highest BCUT2D eigenvalue weighted by atomic mass is 32.1. The Kier molecular flexibility index (Phi) is 4.49. The Bertz CT molecular complexity index is 806. The fraction of sp³-hybridized carbons (Fsp3) is 0.0625. The number of aromatic nitrogens is 2. The average molecular weight is 327 g/mol. The van der Waals surface area contributed by atoms with Crippen LogP contribution in [0.1, 0.15) is 16.1 Å². The number of anilines is 1. The number of ether oxygens (including phenoxy) is 1. The molecule has 0 fully saturated rings. The van der Waals surface area contributed by atoms with E-state index in [1.807, 2.05) is 5.38 Å². The summed E-state index contributed by atoms with van der Waals surface area (Å²) in [5, 5.41) is 14.1. The van der Waals surface area contributed by atoms with Crippen molar-refractivity contribution >= 4 is 23.1 Å². The summed E-state index contributed by atoms with van der Waals surface area (Å²) in [6.45, 7) is 0.343. The van der Waals surface area contributed by atoms with Crippen LogP contribution in [-0.4, -0.2) is 21.0 Å². The summed E-state index contributed by atoms with van der Waals surface area (Å²) in [5.74, 6) is 0.220. The van der Waals surface area contributed by atoms with Crippen LogP contribution in [0.4, 0.5) is 5.82 Å². The maximum atomic E-state index is 12.2. The molecule has 3 aromatic rings. The minimum atomic E-state index is -0.377. The zero-order valence-corrected chi connectivity index (χ0v) is 12.8. The third-order valence-electron chi connectivity index (χ3n) is 2.98. The van der Waals surface area contributed by atoms with Crippen LogP contribution in [0, 0.1) is 0 Å². The van der Waals surface area contributed by atoms with Gasteiger partial charge in [-0.25, -0.2) is 9.97 Å². The van der Waals surface area contributed by atoms with E-state index in [4.69, 9.17) is 4.74 Å². The van der Waals surface area contributed by atoms with Crippen LogP contribution in [0.2, 0.25) is 0 Å². The zero-order chi connectivity index (χ0) is 16.1. The highest BCUT2D eigenvalue weighted by molar-refractivity contribution is 7.07. The topological polar surface area (TPSA) is 84.3 Å². The molecule has 0 spiro atoms. The molecule has 6 nitrogen and oxygen atoms in total. The van der Waals surface area contributed by atoms with Gasteiger partial charge in [0.2, 0.25) is 0 Å². The molecule has 0 saturated heterocycles. The molecule has 0 aliphatic carbocycles. The molecule has 2 heterocycles. The summed E-state index contributed by atoms with van der Waals surface area (Å²) < 4.78 is 5.61. The number of hydrogen-bond donors (Lipinski definition) is 2. The van der Waals surface area contributed by atoms with Gasteiger partial charge in [-0.2, -0.15) is 0 Å². The number of nitrogens with zero attached hydrogens (tertiary/aromatic N) is 2. The quantitative estimate of drug-likeness (QED) is 0.752. The number of amides is 1. The van der Waals surface area contributed by atoms with Crippen molar-refractivity contribution in [3.63, 3.8) is 0 Å². The normalized spacial score (nSPS) is 10.3. The Morgan fingerprint density at radius 2 is 2.17 bits per heavy atom. The number of thiazole rings is 1. The minimum absolute atomic E-state index is 0.0863. The lowest BCUT2D eigenvalue weighted by Gasteiger charge is -2.08. The van der Waals surface area contributed by atoms with Crippen LogP contribution in [-0.2, 0) is 6.61 Å². The molecule has 7 heteroatoms. The number of nitrogens with one attached hydrogen (secondary N) is 1. The molecule has 23 heavy (non-hydrogen) atoms. The Hall–Kier alpha value is -2.93. The van der Waals surface area contributed by atoms with E-state index in [0.29, 0.717) is 17.9 Å². The Balaban J connectivity index is 1.69. The lowest BCUT2D eigenvalue weighted by atomic mass is 10.2.